The maximum absolute atomic E-state index is 13.6. The summed E-state index contributed by atoms with van der Waals surface area (Å²) in [5.41, 5.74) is 2.13. The zero-order chi connectivity index (χ0) is 28.3. The molecule has 1 amide bonds. The van der Waals surface area contributed by atoms with Crippen molar-refractivity contribution in [1.29, 1.82) is 0 Å². The van der Waals surface area contributed by atoms with Gasteiger partial charge >= 0.3 is 12.2 Å². The lowest BCUT2D eigenvalue weighted by atomic mass is 9.83. The van der Waals surface area contributed by atoms with Crippen LogP contribution in [0.1, 0.15) is 50.2 Å². The first-order valence-corrected chi connectivity index (χ1v) is 14.2. The number of nitrogens with zero attached hydrogens (tertiary/aromatic N) is 5. The van der Waals surface area contributed by atoms with E-state index in [1.165, 1.54) is 6.42 Å². The average molecular weight is 566 g/mol. The van der Waals surface area contributed by atoms with Crippen LogP contribution < -0.4 is 15.5 Å². The number of piperidine rings is 1. The van der Waals surface area contributed by atoms with Gasteiger partial charge in [0.05, 0.1) is 17.0 Å². The number of fused-ring (bicyclic) bond motifs is 2. The molecule has 12 heteroatoms. The molecule has 9 nitrogen and oxygen atoms in total. The summed E-state index contributed by atoms with van der Waals surface area (Å²) in [4.78, 5) is 24.1. The Kier molecular flexibility index (Phi) is 6.24. The van der Waals surface area contributed by atoms with E-state index in [0.717, 1.165) is 49.2 Å². The van der Waals surface area contributed by atoms with Crippen molar-refractivity contribution in [2.24, 2.45) is 28.7 Å². The van der Waals surface area contributed by atoms with Crippen LogP contribution in [-0.4, -0.2) is 46.1 Å². The normalized spacial score (nSPS) is 26.1. The van der Waals surface area contributed by atoms with Crippen LogP contribution in [0.3, 0.4) is 0 Å². The number of rotatable bonds is 5. The molecular formula is C29H30F3N7O2. The number of aliphatic imine (C=N–C) groups is 1. The molecule has 4 heterocycles. The monoisotopic (exact) mass is 565 g/mol. The summed E-state index contributed by atoms with van der Waals surface area (Å²) in [7, 11) is 0. The molecule has 2 unspecified atom stereocenters. The maximum Gasteiger partial charge on any atom is 0.417 e. The number of aromatic nitrogens is 3. The van der Waals surface area contributed by atoms with Gasteiger partial charge in [-0.3, -0.25) is 9.79 Å². The number of benzodiazepines with no additional fused rings is 1. The van der Waals surface area contributed by atoms with Gasteiger partial charge in [0.1, 0.15) is 0 Å². The van der Waals surface area contributed by atoms with Gasteiger partial charge in [0.2, 0.25) is 6.17 Å². The second-order valence-corrected chi connectivity index (χ2v) is 11.5. The van der Waals surface area contributed by atoms with Crippen molar-refractivity contribution in [3.8, 4) is 11.6 Å². The highest BCUT2D eigenvalue weighted by Crippen LogP contribution is 2.53. The molecule has 3 atom stereocenters. The first-order chi connectivity index (χ1) is 19.8. The van der Waals surface area contributed by atoms with Gasteiger partial charge < -0.3 is 20.0 Å². The van der Waals surface area contributed by atoms with Crippen LogP contribution in [0.15, 0.2) is 45.9 Å². The molecule has 0 bridgehead atoms. The first kappa shape index (κ1) is 26.0. The molecule has 2 saturated carbocycles. The van der Waals surface area contributed by atoms with Crippen molar-refractivity contribution < 1.29 is 22.4 Å². The number of pyridine rings is 1. The van der Waals surface area contributed by atoms with Gasteiger partial charge in [-0.15, -0.1) is 5.10 Å². The Morgan fingerprint density at radius 3 is 2.59 bits per heavy atom. The number of nitrogens with one attached hydrogen (secondary N) is 2. The van der Waals surface area contributed by atoms with E-state index in [4.69, 9.17) is 9.41 Å². The number of anilines is 3. The summed E-state index contributed by atoms with van der Waals surface area (Å²) in [5, 5.41) is 14.0. The number of carbonyl (C=O) groups is 1. The summed E-state index contributed by atoms with van der Waals surface area (Å²) >= 11 is 0. The van der Waals surface area contributed by atoms with E-state index in [0.29, 0.717) is 42.2 Å². The fraction of sp³-hybridized carbons (Fsp3) is 0.483. The number of hydrogen-bond acceptors (Lipinski definition) is 8. The molecule has 41 heavy (non-hydrogen) atoms. The molecule has 2 N–H and O–H groups in total. The van der Waals surface area contributed by atoms with Crippen LogP contribution in [0, 0.1) is 23.7 Å². The molecule has 0 radical (unpaired) electrons. The minimum atomic E-state index is -4.53. The molecule has 0 spiro atoms. The third-order valence-electron chi connectivity index (χ3n) is 9.01. The van der Waals surface area contributed by atoms with E-state index in [9.17, 15) is 18.0 Å². The van der Waals surface area contributed by atoms with Crippen LogP contribution in [0.2, 0.25) is 0 Å². The van der Waals surface area contributed by atoms with E-state index < -0.39 is 17.9 Å². The van der Waals surface area contributed by atoms with E-state index in [1.807, 2.05) is 29.2 Å². The molecular weight excluding hydrogens is 535 g/mol. The number of alkyl halides is 3. The van der Waals surface area contributed by atoms with E-state index in [-0.39, 0.29) is 29.4 Å². The SMILES string of the molecule is CC1C2CN(c3cc(C(F)(F)F)cnc3-c3nnc(N[C@H]4N=C(C5CCCCC5)c5ccccc5NC4=O)o3)CC12. The average Bonchev–Trinajstić information content (AvgIpc) is 3.30. The molecule has 2 aromatic heterocycles. The molecule has 1 saturated heterocycles. The predicted octanol–water partition coefficient (Wildman–Crippen LogP) is 5.61. The Labute approximate surface area is 234 Å². The standard InChI is InChI=1S/C29H30F3N7O2/c1-15-19-13-39(14-20(15)19)22-11-17(29(30,31)32)12-33-24(22)27-37-38-28(41-27)36-25-26(40)34-21-10-6-5-9-18(21)23(35-25)16-7-3-2-4-8-16/h5-6,9-12,15-16,19-20,25H,2-4,7-8,13-14H2,1H3,(H,34,40)(H,36,38)/t15?,19?,20?,25-/m1/s1. The minimum absolute atomic E-state index is 0.0290. The number of para-hydroxylation sites is 1. The lowest BCUT2D eigenvalue weighted by Gasteiger charge is -2.24. The predicted molar refractivity (Wildman–Crippen MR) is 146 cm³/mol. The molecule has 3 fully saturated rings. The van der Waals surface area contributed by atoms with E-state index in [1.54, 1.807) is 0 Å². The lowest BCUT2D eigenvalue weighted by molar-refractivity contribution is -0.137. The van der Waals surface area contributed by atoms with Crippen LogP contribution in [0.4, 0.5) is 30.6 Å². The van der Waals surface area contributed by atoms with Gasteiger partial charge in [0, 0.05) is 36.5 Å². The molecule has 2 aliphatic carbocycles. The number of hydrogen-bond donors (Lipinski definition) is 2. The maximum atomic E-state index is 13.6. The smallest absolute Gasteiger partial charge is 0.402 e. The first-order valence-electron chi connectivity index (χ1n) is 14.2. The highest BCUT2D eigenvalue weighted by atomic mass is 19.4. The number of carbonyl (C=O) groups excluding carboxylic acids is 1. The lowest BCUT2D eigenvalue weighted by Crippen LogP contribution is -2.33. The van der Waals surface area contributed by atoms with Crippen molar-refractivity contribution in [2.45, 2.75) is 51.4 Å². The van der Waals surface area contributed by atoms with Crippen molar-refractivity contribution >= 4 is 29.0 Å². The Bertz CT molecular complexity index is 1500. The fourth-order valence-electron chi connectivity index (χ4n) is 6.61. The Hall–Kier alpha value is -3.96. The summed E-state index contributed by atoms with van der Waals surface area (Å²) < 4.78 is 46.5. The summed E-state index contributed by atoms with van der Waals surface area (Å²) in [6.07, 6.45) is 0.627. The minimum Gasteiger partial charge on any atom is -0.402 e. The van der Waals surface area contributed by atoms with Gasteiger partial charge in [-0.25, -0.2) is 4.98 Å². The van der Waals surface area contributed by atoms with E-state index >= 15 is 0 Å². The molecule has 4 aliphatic rings. The van der Waals surface area contributed by atoms with Crippen LogP contribution in [-0.2, 0) is 11.0 Å². The molecule has 1 aromatic carbocycles. The molecule has 7 rings (SSSR count). The largest absolute Gasteiger partial charge is 0.417 e. The molecule has 2 aliphatic heterocycles. The summed E-state index contributed by atoms with van der Waals surface area (Å²) in [5.74, 6) is 1.33. The molecule has 214 valence electrons. The topological polar surface area (TPSA) is 109 Å². The zero-order valence-corrected chi connectivity index (χ0v) is 22.5. The Morgan fingerprint density at radius 2 is 1.83 bits per heavy atom. The third-order valence-corrected chi connectivity index (χ3v) is 9.01. The van der Waals surface area contributed by atoms with E-state index in [2.05, 4.69) is 32.7 Å². The van der Waals surface area contributed by atoms with Crippen LogP contribution >= 0.6 is 0 Å². The number of amides is 1. The Balaban J connectivity index is 1.19. The van der Waals surface area contributed by atoms with Crippen LogP contribution in [0.25, 0.3) is 11.6 Å². The van der Waals surface area contributed by atoms with Gasteiger partial charge in [-0.2, -0.15) is 13.2 Å². The number of benzene rings is 1. The highest BCUT2D eigenvalue weighted by molar-refractivity contribution is 6.13. The van der Waals surface area contributed by atoms with Crippen molar-refractivity contribution in [3.63, 3.8) is 0 Å². The fourth-order valence-corrected chi connectivity index (χ4v) is 6.61. The van der Waals surface area contributed by atoms with Crippen molar-refractivity contribution in [1.82, 2.24) is 15.2 Å². The summed E-state index contributed by atoms with van der Waals surface area (Å²) in [6.45, 7) is 3.48. The quantitative estimate of drug-likeness (QED) is 0.414. The van der Waals surface area contributed by atoms with Crippen molar-refractivity contribution in [3.05, 3.63) is 47.7 Å². The summed E-state index contributed by atoms with van der Waals surface area (Å²) in [6, 6.07) is 8.67. The molecule has 3 aromatic rings. The Morgan fingerprint density at radius 1 is 1.07 bits per heavy atom. The third kappa shape index (κ3) is 4.82. The van der Waals surface area contributed by atoms with Gasteiger partial charge in [0.15, 0.2) is 5.69 Å². The van der Waals surface area contributed by atoms with Gasteiger partial charge in [-0.1, -0.05) is 49.5 Å². The van der Waals surface area contributed by atoms with Gasteiger partial charge in [-0.05, 0) is 42.7 Å². The second-order valence-electron chi connectivity index (χ2n) is 11.5. The van der Waals surface area contributed by atoms with Crippen molar-refractivity contribution in [2.75, 3.05) is 28.6 Å². The second kappa shape index (κ2) is 9.85. The van der Waals surface area contributed by atoms with Gasteiger partial charge in [0.25, 0.3) is 11.8 Å². The zero-order valence-electron chi connectivity index (χ0n) is 22.5. The highest BCUT2D eigenvalue weighted by Gasteiger charge is 2.53. The number of halogens is 3. The van der Waals surface area contributed by atoms with Crippen LogP contribution in [0.5, 0.6) is 0 Å².